The van der Waals surface area contributed by atoms with Crippen molar-refractivity contribution in [2.75, 3.05) is 0 Å². The van der Waals surface area contributed by atoms with Crippen LogP contribution < -0.4 is 0 Å². The van der Waals surface area contributed by atoms with Crippen molar-refractivity contribution in [2.45, 2.75) is 6.18 Å². The summed E-state index contributed by atoms with van der Waals surface area (Å²) in [6.07, 6.45) is -3.59. The summed E-state index contributed by atoms with van der Waals surface area (Å²) in [4.78, 5) is 4.45. The van der Waals surface area contributed by atoms with Crippen LogP contribution in [-0.2, 0) is 6.18 Å². The van der Waals surface area contributed by atoms with Crippen molar-refractivity contribution in [3.05, 3.63) is 72.4 Å². The largest absolute Gasteiger partial charge is 0.507 e. The second-order valence-electron chi connectivity index (χ2n) is 5.99. The number of hydrogen-bond acceptors (Lipinski definition) is 3. The summed E-state index contributed by atoms with van der Waals surface area (Å²) in [5.74, 6) is -0.000620. The predicted octanol–water partition coefficient (Wildman–Crippen LogP) is 5.10. The fourth-order valence-corrected chi connectivity index (χ4v) is 2.98. The van der Waals surface area contributed by atoms with Gasteiger partial charge in [0.05, 0.1) is 16.6 Å². The Bertz CT molecular complexity index is 1150. The van der Waals surface area contributed by atoms with E-state index >= 15 is 0 Å². The van der Waals surface area contributed by atoms with Crippen molar-refractivity contribution < 1.29 is 23.4 Å². The highest BCUT2D eigenvalue weighted by Crippen LogP contribution is 2.38. The molecule has 0 unspecified atom stereocenters. The third-order valence-electron chi connectivity index (χ3n) is 4.27. The van der Waals surface area contributed by atoms with Gasteiger partial charge >= 0.3 is 6.18 Å². The first kappa shape index (κ1) is 17.0. The second-order valence-corrected chi connectivity index (χ2v) is 5.99. The fraction of sp³-hybridized carbons (Fsp3) is 0.0500. The number of pyridine rings is 1. The number of aromatic hydroxyl groups is 2. The van der Waals surface area contributed by atoms with Crippen molar-refractivity contribution >= 4 is 5.52 Å². The van der Waals surface area contributed by atoms with Gasteiger partial charge in [0.2, 0.25) is 0 Å². The quantitative estimate of drug-likeness (QED) is 0.516. The molecule has 27 heavy (non-hydrogen) atoms. The average Bonchev–Trinajstić information content (AvgIpc) is 3.00. The molecule has 2 heterocycles. The summed E-state index contributed by atoms with van der Waals surface area (Å²) in [6.45, 7) is 0. The Hall–Kier alpha value is -3.48. The number of phenols is 2. The van der Waals surface area contributed by atoms with Crippen LogP contribution in [0.2, 0.25) is 0 Å². The molecule has 0 aliphatic carbocycles. The molecule has 0 saturated carbocycles. The number of alkyl halides is 3. The number of para-hydroxylation sites is 2. The molecule has 0 fully saturated rings. The van der Waals surface area contributed by atoms with Gasteiger partial charge in [-0.2, -0.15) is 13.2 Å². The normalized spacial score (nSPS) is 11.8. The average molecular weight is 370 g/mol. The van der Waals surface area contributed by atoms with Gasteiger partial charge < -0.3 is 10.2 Å². The van der Waals surface area contributed by atoms with Gasteiger partial charge in [0.1, 0.15) is 23.0 Å². The Morgan fingerprint density at radius 1 is 0.778 bits per heavy atom. The standard InChI is InChI=1S/C20H13F3N2O2/c21-20(22,23)12-9-10-15-18(13-5-1-3-7-16(13)26)24-19(25(15)11-12)14-6-2-4-8-17(14)27/h1-11,26-27H. The minimum absolute atomic E-state index is 0.0405. The van der Waals surface area contributed by atoms with Crippen LogP contribution in [0.1, 0.15) is 5.56 Å². The second kappa shape index (κ2) is 6.05. The van der Waals surface area contributed by atoms with E-state index in [4.69, 9.17) is 0 Å². The monoisotopic (exact) mass is 370 g/mol. The van der Waals surface area contributed by atoms with E-state index in [2.05, 4.69) is 4.98 Å². The first-order chi connectivity index (χ1) is 12.9. The SMILES string of the molecule is Oc1ccccc1-c1nc(-c2ccccc2O)n2cc(C(F)(F)F)ccc12. The summed E-state index contributed by atoms with van der Waals surface area (Å²) >= 11 is 0. The summed E-state index contributed by atoms with van der Waals surface area (Å²) in [5, 5.41) is 20.3. The summed E-state index contributed by atoms with van der Waals surface area (Å²) in [7, 11) is 0. The predicted molar refractivity (Wildman–Crippen MR) is 94.4 cm³/mol. The van der Waals surface area contributed by atoms with E-state index in [1.54, 1.807) is 36.4 Å². The lowest BCUT2D eigenvalue weighted by atomic mass is 10.1. The molecule has 0 amide bonds. The number of aromatic nitrogens is 2. The molecule has 4 aromatic rings. The zero-order valence-corrected chi connectivity index (χ0v) is 13.8. The summed E-state index contributed by atoms with van der Waals surface area (Å²) in [5.41, 5.74) is 0.528. The molecule has 4 rings (SSSR count). The lowest BCUT2D eigenvalue weighted by Gasteiger charge is -2.09. The topological polar surface area (TPSA) is 57.8 Å². The Balaban J connectivity index is 2.07. The number of fused-ring (bicyclic) bond motifs is 1. The lowest BCUT2D eigenvalue weighted by Crippen LogP contribution is -2.06. The number of hydrogen-bond donors (Lipinski definition) is 2. The molecule has 2 N–H and O–H groups in total. The number of rotatable bonds is 2. The first-order valence-electron chi connectivity index (χ1n) is 8.02. The number of nitrogens with zero attached hydrogens (tertiary/aromatic N) is 2. The molecule has 2 aromatic carbocycles. The Kier molecular flexibility index (Phi) is 3.80. The number of halogens is 3. The molecule has 0 spiro atoms. The van der Waals surface area contributed by atoms with Gasteiger partial charge in [-0.15, -0.1) is 0 Å². The number of phenolic OH excluding ortho intramolecular Hbond substituents is 2. The minimum Gasteiger partial charge on any atom is -0.507 e. The van der Waals surface area contributed by atoms with Gasteiger partial charge in [0, 0.05) is 11.8 Å². The molecule has 7 heteroatoms. The van der Waals surface area contributed by atoms with E-state index in [-0.39, 0.29) is 22.9 Å². The van der Waals surface area contributed by atoms with Gasteiger partial charge in [-0.05, 0) is 36.4 Å². The zero-order valence-electron chi connectivity index (χ0n) is 13.8. The molecular formula is C20H13F3N2O2. The maximum Gasteiger partial charge on any atom is 0.417 e. The molecule has 0 atom stereocenters. The number of imidazole rings is 1. The van der Waals surface area contributed by atoms with Crippen LogP contribution >= 0.6 is 0 Å². The van der Waals surface area contributed by atoms with Crippen LogP contribution in [-0.4, -0.2) is 19.6 Å². The van der Waals surface area contributed by atoms with Crippen LogP contribution in [0.4, 0.5) is 13.2 Å². The van der Waals surface area contributed by atoms with Crippen LogP contribution in [0.3, 0.4) is 0 Å². The molecule has 136 valence electrons. The van der Waals surface area contributed by atoms with Crippen molar-refractivity contribution in [3.63, 3.8) is 0 Å². The fourth-order valence-electron chi connectivity index (χ4n) is 2.98. The maximum absolute atomic E-state index is 13.2. The first-order valence-corrected chi connectivity index (χ1v) is 8.02. The van der Waals surface area contributed by atoms with Crippen molar-refractivity contribution in [1.82, 2.24) is 9.38 Å². The molecular weight excluding hydrogens is 357 g/mol. The van der Waals surface area contributed by atoms with Crippen LogP contribution in [0.25, 0.3) is 28.2 Å². The third-order valence-corrected chi connectivity index (χ3v) is 4.27. The van der Waals surface area contributed by atoms with Gasteiger partial charge in [-0.1, -0.05) is 24.3 Å². The van der Waals surface area contributed by atoms with Gasteiger partial charge in [0.15, 0.2) is 0 Å². The highest BCUT2D eigenvalue weighted by molar-refractivity contribution is 5.85. The smallest absolute Gasteiger partial charge is 0.417 e. The van der Waals surface area contributed by atoms with Gasteiger partial charge in [0.25, 0.3) is 0 Å². The highest BCUT2D eigenvalue weighted by atomic mass is 19.4. The van der Waals surface area contributed by atoms with Crippen molar-refractivity contribution in [3.8, 4) is 34.1 Å². The third kappa shape index (κ3) is 2.87. The van der Waals surface area contributed by atoms with E-state index in [1.807, 2.05) is 0 Å². The molecule has 4 nitrogen and oxygen atoms in total. The Labute approximate surface area is 151 Å². The summed E-state index contributed by atoms with van der Waals surface area (Å²) < 4.78 is 40.9. The lowest BCUT2D eigenvalue weighted by molar-refractivity contribution is -0.137. The summed E-state index contributed by atoms with van der Waals surface area (Å²) in [6, 6.07) is 15.0. The number of benzene rings is 2. The van der Waals surface area contributed by atoms with Gasteiger partial charge in [-0.25, -0.2) is 4.98 Å². The van der Waals surface area contributed by atoms with Crippen LogP contribution in [0.15, 0.2) is 66.9 Å². The van der Waals surface area contributed by atoms with E-state index in [9.17, 15) is 23.4 Å². The van der Waals surface area contributed by atoms with E-state index in [0.717, 1.165) is 12.3 Å². The molecule has 0 aliphatic heterocycles. The van der Waals surface area contributed by atoms with E-state index in [0.29, 0.717) is 16.8 Å². The van der Waals surface area contributed by atoms with Gasteiger partial charge in [-0.3, -0.25) is 4.40 Å². The van der Waals surface area contributed by atoms with E-state index < -0.39 is 11.7 Å². The zero-order chi connectivity index (χ0) is 19.2. The Morgan fingerprint density at radius 3 is 1.96 bits per heavy atom. The van der Waals surface area contributed by atoms with E-state index in [1.165, 1.54) is 22.6 Å². The van der Waals surface area contributed by atoms with Crippen molar-refractivity contribution in [2.24, 2.45) is 0 Å². The highest BCUT2D eigenvalue weighted by Gasteiger charge is 2.31. The van der Waals surface area contributed by atoms with Crippen LogP contribution in [0, 0.1) is 0 Å². The maximum atomic E-state index is 13.2. The van der Waals surface area contributed by atoms with Crippen molar-refractivity contribution in [1.29, 1.82) is 0 Å². The molecule has 0 aliphatic rings. The molecule has 2 aromatic heterocycles. The molecule has 0 saturated heterocycles. The molecule has 0 radical (unpaired) electrons. The minimum atomic E-state index is -4.52. The van der Waals surface area contributed by atoms with Crippen LogP contribution in [0.5, 0.6) is 11.5 Å². The Morgan fingerprint density at radius 2 is 1.37 bits per heavy atom. The molecule has 0 bridgehead atoms.